The molecule has 0 unspecified atom stereocenters. The van der Waals surface area contributed by atoms with Crippen molar-refractivity contribution in [3.8, 4) is 5.75 Å². The molecule has 2 nitrogen and oxygen atoms in total. The van der Waals surface area contributed by atoms with Crippen molar-refractivity contribution in [3.05, 3.63) is 29.8 Å². The molecule has 2 heteroatoms. The van der Waals surface area contributed by atoms with Crippen molar-refractivity contribution < 1.29 is 9.84 Å². The smallest absolute Gasteiger partial charge is 0.119 e. The van der Waals surface area contributed by atoms with Gasteiger partial charge in [-0.25, -0.2) is 0 Å². The van der Waals surface area contributed by atoms with E-state index in [9.17, 15) is 5.11 Å². The second kappa shape index (κ2) is 6.24. The summed E-state index contributed by atoms with van der Waals surface area (Å²) in [6, 6.07) is 7.82. The zero-order chi connectivity index (χ0) is 13.0. The lowest BCUT2D eigenvalue weighted by Gasteiger charge is -2.28. The first kappa shape index (κ1) is 13.4. The Hall–Kier alpha value is -1.02. The van der Waals surface area contributed by atoms with Gasteiger partial charge in [0.1, 0.15) is 5.75 Å². The lowest BCUT2D eigenvalue weighted by molar-refractivity contribution is 0.130. The van der Waals surface area contributed by atoms with Crippen molar-refractivity contribution in [2.45, 2.75) is 58.2 Å². The highest BCUT2D eigenvalue weighted by Gasteiger charge is 2.21. The van der Waals surface area contributed by atoms with Crippen LogP contribution in [0.5, 0.6) is 5.75 Å². The van der Waals surface area contributed by atoms with Crippen molar-refractivity contribution in [1.82, 2.24) is 0 Å². The van der Waals surface area contributed by atoms with E-state index in [1.807, 2.05) is 24.3 Å². The van der Waals surface area contributed by atoms with Crippen molar-refractivity contribution in [2.24, 2.45) is 5.92 Å². The molecule has 0 radical (unpaired) electrons. The summed E-state index contributed by atoms with van der Waals surface area (Å²) < 4.78 is 6.00. The largest absolute Gasteiger partial charge is 0.490 e. The van der Waals surface area contributed by atoms with Gasteiger partial charge in [0.05, 0.1) is 12.2 Å². The standard InChI is InChI=1S/C16H24O2/c1-3-13-4-8-15(9-5-13)18-16-10-6-14(7-11-16)12(2)17/h6-7,10-13,15,17H,3-5,8-9H2,1-2H3/t12-,13?,15?/m1/s1. The lowest BCUT2D eigenvalue weighted by Crippen LogP contribution is -2.23. The van der Waals surface area contributed by atoms with Gasteiger partial charge in [0.2, 0.25) is 0 Å². The third kappa shape index (κ3) is 3.49. The van der Waals surface area contributed by atoms with E-state index in [1.165, 1.54) is 32.1 Å². The summed E-state index contributed by atoms with van der Waals surface area (Å²) in [6.45, 7) is 4.06. The molecule has 1 aliphatic rings. The molecule has 0 saturated heterocycles. The molecule has 0 heterocycles. The molecule has 1 aromatic carbocycles. The minimum absolute atomic E-state index is 0.380. The van der Waals surface area contributed by atoms with E-state index < -0.39 is 6.10 Å². The van der Waals surface area contributed by atoms with Gasteiger partial charge in [0.25, 0.3) is 0 Å². The predicted molar refractivity (Wildman–Crippen MR) is 73.7 cm³/mol. The first-order valence-corrected chi connectivity index (χ1v) is 7.13. The van der Waals surface area contributed by atoms with Crippen LogP contribution in [-0.4, -0.2) is 11.2 Å². The zero-order valence-corrected chi connectivity index (χ0v) is 11.4. The van der Waals surface area contributed by atoms with E-state index in [0.717, 1.165) is 17.2 Å². The van der Waals surface area contributed by atoms with Crippen LogP contribution in [0.25, 0.3) is 0 Å². The van der Waals surface area contributed by atoms with E-state index in [2.05, 4.69) is 6.92 Å². The molecule has 1 atom stereocenters. The van der Waals surface area contributed by atoms with Crippen LogP contribution in [0.4, 0.5) is 0 Å². The second-order valence-electron chi connectivity index (χ2n) is 5.41. The molecule has 100 valence electrons. The molecule has 0 aromatic heterocycles. The van der Waals surface area contributed by atoms with Gasteiger partial charge < -0.3 is 9.84 Å². The summed E-state index contributed by atoms with van der Waals surface area (Å²) in [5.74, 6) is 1.84. The molecular formula is C16H24O2. The molecule has 1 aliphatic carbocycles. The number of rotatable bonds is 4. The Balaban J connectivity index is 1.86. The molecule has 1 fully saturated rings. The number of aliphatic hydroxyl groups is 1. The topological polar surface area (TPSA) is 29.5 Å². The maximum Gasteiger partial charge on any atom is 0.119 e. The number of aliphatic hydroxyl groups excluding tert-OH is 1. The Morgan fingerprint density at radius 3 is 2.28 bits per heavy atom. The van der Waals surface area contributed by atoms with E-state index >= 15 is 0 Å². The Bertz CT molecular complexity index is 348. The van der Waals surface area contributed by atoms with Crippen LogP contribution in [-0.2, 0) is 0 Å². The van der Waals surface area contributed by atoms with Gasteiger partial charge in [-0.05, 0) is 56.2 Å². The number of hydrogen-bond donors (Lipinski definition) is 1. The first-order valence-electron chi connectivity index (χ1n) is 7.13. The van der Waals surface area contributed by atoms with Crippen LogP contribution >= 0.6 is 0 Å². The third-order valence-electron chi connectivity index (χ3n) is 4.04. The molecule has 1 N–H and O–H groups in total. The summed E-state index contributed by atoms with van der Waals surface area (Å²) in [7, 11) is 0. The molecule has 18 heavy (non-hydrogen) atoms. The number of benzene rings is 1. The van der Waals surface area contributed by atoms with Crippen LogP contribution < -0.4 is 4.74 Å². The molecule has 0 amide bonds. The minimum atomic E-state index is -0.404. The van der Waals surface area contributed by atoms with Crippen molar-refractivity contribution >= 4 is 0 Å². The fourth-order valence-corrected chi connectivity index (χ4v) is 2.68. The van der Waals surface area contributed by atoms with Crippen molar-refractivity contribution in [3.63, 3.8) is 0 Å². The summed E-state index contributed by atoms with van der Waals surface area (Å²) in [5.41, 5.74) is 0.942. The van der Waals surface area contributed by atoms with Gasteiger partial charge in [0.15, 0.2) is 0 Å². The van der Waals surface area contributed by atoms with Crippen molar-refractivity contribution in [2.75, 3.05) is 0 Å². The molecule has 1 saturated carbocycles. The molecule has 2 rings (SSSR count). The highest BCUT2D eigenvalue weighted by atomic mass is 16.5. The number of ether oxygens (including phenoxy) is 1. The fraction of sp³-hybridized carbons (Fsp3) is 0.625. The summed E-state index contributed by atoms with van der Waals surface area (Å²) >= 11 is 0. The van der Waals surface area contributed by atoms with Crippen LogP contribution in [0.2, 0.25) is 0 Å². The summed E-state index contributed by atoms with van der Waals surface area (Å²) in [5, 5.41) is 9.45. The van der Waals surface area contributed by atoms with Gasteiger partial charge >= 0.3 is 0 Å². The highest BCUT2D eigenvalue weighted by molar-refractivity contribution is 5.28. The highest BCUT2D eigenvalue weighted by Crippen LogP contribution is 2.29. The van der Waals surface area contributed by atoms with E-state index in [4.69, 9.17) is 4.74 Å². The van der Waals surface area contributed by atoms with Crippen molar-refractivity contribution in [1.29, 1.82) is 0 Å². The van der Waals surface area contributed by atoms with E-state index in [1.54, 1.807) is 6.92 Å². The first-order chi connectivity index (χ1) is 8.69. The molecule has 0 aliphatic heterocycles. The maximum absolute atomic E-state index is 9.45. The zero-order valence-electron chi connectivity index (χ0n) is 11.4. The van der Waals surface area contributed by atoms with Crippen LogP contribution in [0.1, 0.15) is 57.6 Å². The predicted octanol–water partition coefficient (Wildman–Crippen LogP) is 4.09. The molecule has 0 bridgehead atoms. The quantitative estimate of drug-likeness (QED) is 0.869. The molecule has 1 aromatic rings. The van der Waals surface area contributed by atoms with Gasteiger partial charge in [-0.3, -0.25) is 0 Å². The van der Waals surface area contributed by atoms with Crippen LogP contribution in [0.15, 0.2) is 24.3 Å². The van der Waals surface area contributed by atoms with Gasteiger partial charge in [0, 0.05) is 0 Å². The van der Waals surface area contributed by atoms with E-state index in [0.29, 0.717) is 6.10 Å². The lowest BCUT2D eigenvalue weighted by atomic mass is 9.86. The Labute approximate surface area is 110 Å². The van der Waals surface area contributed by atoms with Gasteiger partial charge in [-0.15, -0.1) is 0 Å². The SMILES string of the molecule is CCC1CCC(Oc2ccc([C@@H](C)O)cc2)CC1. The summed E-state index contributed by atoms with van der Waals surface area (Å²) in [6.07, 6.45) is 6.23. The number of hydrogen-bond acceptors (Lipinski definition) is 2. The molecule has 0 spiro atoms. The monoisotopic (exact) mass is 248 g/mol. The Morgan fingerprint density at radius 1 is 1.17 bits per heavy atom. The average Bonchev–Trinajstić information content (AvgIpc) is 2.40. The van der Waals surface area contributed by atoms with Crippen LogP contribution in [0.3, 0.4) is 0 Å². The minimum Gasteiger partial charge on any atom is -0.490 e. The fourth-order valence-electron chi connectivity index (χ4n) is 2.68. The van der Waals surface area contributed by atoms with Crippen LogP contribution in [0, 0.1) is 5.92 Å². The Morgan fingerprint density at radius 2 is 1.78 bits per heavy atom. The molecular weight excluding hydrogens is 224 g/mol. The third-order valence-corrected chi connectivity index (χ3v) is 4.04. The maximum atomic E-state index is 9.45. The average molecular weight is 248 g/mol. The Kier molecular flexibility index (Phi) is 4.65. The van der Waals surface area contributed by atoms with E-state index in [-0.39, 0.29) is 0 Å². The summed E-state index contributed by atoms with van der Waals surface area (Å²) in [4.78, 5) is 0. The normalized spacial score (nSPS) is 25.7. The second-order valence-corrected chi connectivity index (χ2v) is 5.41. The van der Waals surface area contributed by atoms with Gasteiger partial charge in [-0.1, -0.05) is 25.5 Å². The van der Waals surface area contributed by atoms with Gasteiger partial charge in [-0.2, -0.15) is 0 Å².